The number of aliphatic hydroxyl groups is 2. The molecule has 2 atom stereocenters. The van der Waals surface area contributed by atoms with Crippen molar-refractivity contribution >= 4 is 11.6 Å². The Morgan fingerprint density at radius 2 is 1.94 bits per heavy atom. The van der Waals surface area contributed by atoms with Crippen LogP contribution in [0, 0.1) is 0 Å². The van der Waals surface area contributed by atoms with Gasteiger partial charge >= 0.3 is 0 Å². The summed E-state index contributed by atoms with van der Waals surface area (Å²) < 4.78 is 0. The molecule has 1 aromatic rings. The second-order valence-corrected chi connectivity index (χ2v) is 4.98. The van der Waals surface area contributed by atoms with Crippen molar-refractivity contribution in [2.24, 2.45) is 0 Å². The van der Waals surface area contributed by atoms with E-state index < -0.39 is 5.60 Å². The minimum atomic E-state index is -1.08. The van der Waals surface area contributed by atoms with Gasteiger partial charge < -0.3 is 15.5 Å². The van der Waals surface area contributed by atoms with E-state index in [1.54, 1.807) is 6.92 Å². The lowest BCUT2D eigenvalue weighted by molar-refractivity contribution is 0.000594. The molecule has 0 saturated heterocycles. The molecule has 1 rings (SSSR count). The molecule has 0 aliphatic heterocycles. The lowest BCUT2D eigenvalue weighted by atomic mass is 10.0. The van der Waals surface area contributed by atoms with Crippen molar-refractivity contribution in [3.05, 3.63) is 34.9 Å². The van der Waals surface area contributed by atoms with Gasteiger partial charge in [0.2, 0.25) is 0 Å². The largest absolute Gasteiger partial charge is 0.393 e. The quantitative estimate of drug-likeness (QED) is 0.732. The van der Waals surface area contributed by atoms with Gasteiger partial charge in [-0.15, -0.1) is 0 Å². The summed E-state index contributed by atoms with van der Waals surface area (Å²) in [6, 6.07) is 7.80. The van der Waals surface area contributed by atoms with Crippen LogP contribution in [0.15, 0.2) is 24.3 Å². The van der Waals surface area contributed by atoms with Crippen LogP contribution in [0.4, 0.5) is 0 Å². The molecule has 17 heavy (non-hydrogen) atoms. The molecule has 96 valence electrons. The van der Waals surface area contributed by atoms with Crippen LogP contribution in [-0.4, -0.2) is 29.0 Å². The van der Waals surface area contributed by atoms with Gasteiger partial charge in [-0.1, -0.05) is 30.7 Å². The predicted molar refractivity (Wildman–Crippen MR) is 70.2 cm³/mol. The van der Waals surface area contributed by atoms with E-state index in [1.807, 2.05) is 24.3 Å². The molecule has 1 aromatic carbocycles. The Morgan fingerprint density at radius 1 is 1.35 bits per heavy atom. The van der Waals surface area contributed by atoms with Crippen LogP contribution in [0.1, 0.15) is 31.9 Å². The first-order valence-corrected chi connectivity index (χ1v) is 6.18. The molecule has 3 nitrogen and oxygen atoms in total. The molecule has 0 spiro atoms. The highest BCUT2D eigenvalue weighted by atomic mass is 35.5. The van der Waals surface area contributed by atoms with Crippen LogP contribution in [0.25, 0.3) is 0 Å². The van der Waals surface area contributed by atoms with Crippen molar-refractivity contribution < 1.29 is 10.2 Å². The monoisotopic (exact) mass is 257 g/mol. The average Bonchev–Trinajstić information content (AvgIpc) is 2.32. The number of aliphatic hydroxyl groups excluding tert-OH is 1. The van der Waals surface area contributed by atoms with Gasteiger partial charge in [-0.05, 0) is 31.0 Å². The van der Waals surface area contributed by atoms with E-state index in [0.29, 0.717) is 11.6 Å². The molecule has 0 aliphatic carbocycles. The first-order chi connectivity index (χ1) is 7.98. The highest BCUT2D eigenvalue weighted by molar-refractivity contribution is 6.30. The van der Waals surface area contributed by atoms with E-state index in [4.69, 9.17) is 16.7 Å². The molecule has 0 radical (unpaired) electrons. The molecular formula is C13H20ClNO2. The predicted octanol–water partition coefficient (Wildman–Crippen LogP) is 2.12. The summed E-state index contributed by atoms with van der Waals surface area (Å²) >= 11 is 5.84. The molecule has 0 aliphatic rings. The summed E-state index contributed by atoms with van der Waals surface area (Å²) in [4.78, 5) is 0. The number of rotatable bonds is 6. The van der Waals surface area contributed by atoms with Crippen LogP contribution in [0.3, 0.4) is 0 Å². The summed E-state index contributed by atoms with van der Waals surface area (Å²) in [5.41, 5.74) is 0.0467. The van der Waals surface area contributed by atoms with Gasteiger partial charge in [0.05, 0.1) is 12.2 Å². The summed E-state index contributed by atoms with van der Waals surface area (Å²) in [6.45, 7) is 3.77. The third kappa shape index (κ3) is 4.64. The van der Waals surface area contributed by atoms with Crippen molar-refractivity contribution in [3.63, 3.8) is 0 Å². The van der Waals surface area contributed by atoms with Gasteiger partial charge in [-0.25, -0.2) is 0 Å². The smallest absolute Gasteiger partial charge is 0.0973 e. The lowest BCUT2D eigenvalue weighted by Crippen LogP contribution is -2.42. The van der Waals surface area contributed by atoms with Crippen molar-refractivity contribution in [2.75, 3.05) is 13.2 Å². The fourth-order valence-electron chi connectivity index (χ4n) is 1.59. The Labute approximate surface area is 107 Å². The second-order valence-electron chi connectivity index (χ2n) is 4.55. The second kappa shape index (κ2) is 6.36. The molecule has 0 heterocycles. The van der Waals surface area contributed by atoms with Gasteiger partial charge in [-0.3, -0.25) is 0 Å². The summed E-state index contributed by atoms with van der Waals surface area (Å²) in [5.74, 6) is 0. The standard InChI is InChI=1S/C13H20ClNO2/c1-3-12(15-8-13(2,17)9-16)10-4-6-11(14)7-5-10/h4-7,12,15-17H,3,8-9H2,1-2H3. The van der Waals surface area contributed by atoms with Gasteiger partial charge in [0.15, 0.2) is 0 Å². The molecule has 0 saturated carbocycles. The van der Waals surface area contributed by atoms with E-state index in [9.17, 15) is 5.11 Å². The van der Waals surface area contributed by atoms with Crippen molar-refractivity contribution in [3.8, 4) is 0 Å². The van der Waals surface area contributed by atoms with E-state index in [1.165, 1.54) is 0 Å². The number of halogens is 1. The fraction of sp³-hybridized carbons (Fsp3) is 0.538. The number of hydrogen-bond acceptors (Lipinski definition) is 3. The number of hydrogen-bond donors (Lipinski definition) is 3. The third-order valence-corrected chi connectivity index (χ3v) is 3.00. The molecule has 0 amide bonds. The zero-order valence-electron chi connectivity index (χ0n) is 10.3. The summed E-state index contributed by atoms with van der Waals surface area (Å²) in [6.07, 6.45) is 0.906. The number of benzene rings is 1. The molecule has 0 fully saturated rings. The summed E-state index contributed by atoms with van der Waals surface area (Å²) in [7, 11) is 0. The Bertz CT molecular complexity index is 338. The lowest BCUT2D eigenvalue weighted by Gasteiger charge is -2.25. The Morgan fingerprint density at radius 3 is 2.41 bits per heavy atom. The number of nitrogens with one attached hydrogen (secondary N) is 1. The van der Waals surface area contributed by atoms with Crippen LogP contribution in [0.2, 0.25) is 5.02 Å². The molecule has 3 N–H and O–H groups in total. The highest BCUT2D eigenvalue weighted by Gasteiger charge is 2.20. The zero-order chi connectivity index (χ0) is 12.9. The van der Waals surface area contributed by atoms with E-state index in [0.717, 1.165) is 12.0 Å². The average molecular weight is 258 g/mol. The maximum atomic E-state index is 9.73. The molecule has 4 heteroatoms. The van der Waals surface area contributed by atoms with Crippen LogP contribution >= 0.6 is 11.6 Å². The normalized spacial score (nSPS) is 16.5. The van der Waals surface area contributed by atoms with Crippen molar-refractivity contribution in [1.29, 1.82) is 0 Å². The molecule has 2 unspecified atom stereocenters. The van der Waals surface area contributed by atoms with Crippen molar-refractivity contribution in [1.82, 2.24) is 5.32 Å². The Kier molecular flexibility index (Phi) is 5.40. The molecular weight excluding hydrogens is 238 g/mol. The molecule has 0 aromatic heterocycles. The van der Waals surface area contributed by atoms with Gasteiger partial charge in [0.1, 0.15) is 0 Å². The SMILES string of the molecule is CCC(NCC(C)(O)CO)c1ccc(Cl)cc1. The maximum absolute atomic E-state index is 9.73. The van der Waals surface area contributed by atoms with Gasteiger partial charge in [-0.2, -0.15) is 0 Å². The van der Waals surface area contributed by atoms with E-state index in [-0.39, 0.29) is 12.6 Å². The van der Waals surface area contributed by atoms with Gasteiger partial charge in [0.25, 0.3) is 0 Å². The topological polar surface area (TPSA) is 52.5 Å². The van der Waals surface area contributed by atoms with Gasteiger partial charge in [0, 0.05) is 17.6 Å². The Balaban J connectivity index is 2.63. The minimum absolute atomic E-state index is 0.158. The molecule has 0 bridgehead atoms. The van der Waals surface area contributed by atoms with E-state index in [2.05, 4.69) is 12.2 Å². The summed E-state index contributed by atoms with van der Waals surface area (Å²) in [5, 5.41) is 22.7. The van der Waals surface area contributed by atoms with Crippen LogP contribution < -0.4 is 5.32 Å². The zero-order valence-corrected chi connectivity index (χ0v) is 11.0. The van der Waals surface area contributed by atoms with E-state index >= 15 is 0 Å². The fourth-order valence-corrected chi connectivity index (χ4v) is 1.72. The van der Waals surface area contributed by atoms with Crippen LogP contribution in [-0.2, 0) is 0 Å². The van der Waals surface area contributed by atoms with Crippen molar-refractivity contribution in [2.45, 2.75) is 31.9 Å². The third-order valence-electron chi connectivity index (χ3n) is 2.75. The Hall–Kier alpha value is -0.610. The highest BCUT2D eigenvalue weighted by Crippen LogP contribution is 2.19. The minimum Gasteiger partial charge on any atom is -0.393 e. The maximum Gasteiger partial charge on any atom is 0.0973 e. The first kappa shape index (κ1) is 14.5. The first-order valence-electron chi connectivity index (χ1n) is 5.80. The van der Waals surface area contributed by atoms with Crippen LogP contribution in [0.5, 0.6) is 0 Å².